The highest BCUT2D eigenvalue weighted by Gasteiger charge is 2.17. The molecular formula is C21H29N5O. The summed E-state index contributed by atoms with van der Waals surface area (Å²) in [6, 6.07) is 8.32. The highest BCUT2D eigenvalue weighted by Crippen LogP contribution is 2.29. The number of aromatic nitrogens is 2. The van der Waals surface area contributed by atoms with Crippen molar-refractivity contribution < 1.29 is 5.11 Å². The lowest BCUT2D eigenvalue weighted by Crippen LogP contribution is -2.34. The SMILES string of the molecule is Nc1nc(-c2cc(O)cc(CC[C@H]3CCCCN3)c2)cc(N2CCCC2)n1. The minimum absolute atomic E-state index is 0.277. The van der Waals surface area contributed by atoms with Crippen LogP contribution in [-0.4, -0.2) is 40.8 Å². The first-order valence-corrected chi connectivity index (χ1v) is 10.1. The number of nitrogens with one attached hydrogen (secondary N) is 1. The molecule has 0 spiro atoms. The van der Waals surface area contributed by atoms with E-state index in [1.807, 2.05) is 12.1 Å². The maximum absolute atomic E-state index is 10.2. The molecule has 4 N–H and O–H groups in total. The van der Waals surface area contributed by atoms with Crippen molar-refractivity contribution in [3.63, 3.8) is 0 Å². The molecule has 0 aliphatic carbocycles. The Kier molecular flexibility index (Phi) is 5.43. The fraction of sp³-hybridized carbons (Fsp3) is 0.524. The van der Waals surface area contributed by atoms with Gasteiger partial charge in [-0.1, -0.05) is 6.42 Å². The number of phenols is 1. The predicted octanol–water partition coefficient (Wildman–Crippen LogP) is 3.11. The topological polar surface area (TPSA) is 87.3 Å². The van der Waals surface area contributed by atoms with Gasteiger partial charge in [-0.25, -0.2) is 4.98 Å². The third kappa shape index (κ3) is 4.50. The van der Waals surface area contributed by atoms with Gasteiger partial charge in [0.1, 0.15) is 11.6 Å². The van der Waals surface area contributed by atoms with Gasteiger partial charge in [0.25, 0.3) is 0 Å². The van der Waals surface area contributed by atoms with E-state index in [0.717, 1.165) is 55.1 Å². The standard InChI is InChI=1S/C21H29N5O/c22-21-24-19(14-20(25-21)26-9-3-4-10-26)16-11-15(12-18(27)13-16)6-7-17-5-1-2-8-23-17/h11-14,17,23,27H,1-10H2,(H2,22,24,25)/t17-/m1/s1. The van der Waals surface area contributed by atoms with E-state index in [1.165, 1.54) is 32.1 Å². The molecule has 2 saturated heterocycles. The quantitative estimate of drug-likeness (QED) is 0.753. The molecule has 2 aliphatic heterocycles. The molecule has 1 atom stereocenters. The third-order valence-electron chi connectivity index (χ3n) is 5.63. The Labute approximate surface area is 160 Å². The second kappa shape index (κ2) is 8.13. The van der Waals surface area contributed by atoms with Gasteiger partial charge in [-0.2, -0.15) is 4.98 Å². The van der Waals surface area contributed by atoms with Crippen LogP contribution >= 0.6 is 0 Å². The van der Waals surface area contributed by atoms with Crippen molar-refractivity contribution in [3.8, 4) is 17.0 Å². The molecule has 0 bridgehead atoms. The van der Waals surface area contributed by atoms with Crippen LogP contribution < -0.4 is 16.0 Å². The number of piperidine rings is 1. The van der Waals surface area contributed by atoms with E-state index in [4.69, 9.17) is 5.73 Å². The molecule has 27 heavy (non-hydrogen) atoms. The van der Waals surface area contributed by atoms with Crippen LogP contribution in [0, 0.1) is 0 Å². The number of hydrogen-bond acceptors (Lipinski definition) is 6. The normalized spacial score (nSPS) is 20.1. The van der Waals surface area contributed by atoms with E-state index in [9.17, 15) is 5.11 Å². The summed E-state index contributed by atoms with van der Waals surface area (Å²) < 4.78 is 0. The Morgan fingerprint density at radius 3 is 2.70 bits per heavy atom. The molecule has 0 radical (unpaired) electrons. The zero-order chi connectivity index (χ0) is 18.6. The van der Waals surface area contributed by atoms with Crippen molar-refractivity contribution >= 4 is 11.8 Å². The maximum Gasteiger partial charge on any atom is 0.222 e. The smallest absolute Gasteiger partial charge is 0.222 e. The molecule has 2 fully saturated rings. The van der Waals surface area contributed by atoms with Crippen LogP contribution in [0.4, 0.5) is 11.8 Å². The number of hydrogen-bond donors (Lipinski definition) is 3. The van der Waals surface area contributed by atoms with Gasteiger partial charge < -0.3 is 21.1 Å². The van der Waals surface area contributed by atoms with Crippen molar-refractivity contribution in [2.75, 3.05) is 30.3 Å². The summed E-state index contributed by atoms with van der Waals surface area (Å²) in [4.78, 5) is 11.1. The number of anilines is 2. The van der Waals surface area contributed by atoms with E-state index in [2.05, 4.69) is 26.3 Å². The highest BCUT2D eigenvalue weighted by atomic mass is 16.3. The van der Waals surface area contributed by atoms with Crippen LogP contribution in [0.15, 0.2) is 24.3 Å². The molecule has 2 aromatic rings. The molecule has 144 valence electrons. The number of nitrogens with zero attached hydrogens (tertiary/aromatic N) is 3. The Morgan fingerprint density at radius 2 is 1.93 bits per heavy atom. The Hall–Kier alpha value is -2.34. The zero-order valence-corrected chi connectivity index (χ0v) is 15.8. The third-order valence-corrected chi connectivity index (χ3v) is 5.63. The van der Waals surface area contributed by atoms with Gasteiger partial charge in [0, 0.05) is 30.8 Å². The monoisotopic (exact) mass is 367 g/mol. The fourth-order valence-electron chi connectivity index (χ4n) is 4.19. The minimum atomic E-state index is 0.277. The number of nitrogen functional groups attached to an aromatic ring is 1. The van der Waals surface area contributed by atoms with Crippen LogP contribution in [0.1, 0.15) is 44.1 Å². The largest absolute Gasteiger partial charge is 0.508 e. The van der Waals surface area contributed by atoms with Gasteiger partial charge >= 0.3 is 0 Å². The lowest BCUT2D eigenvalue weighted by Gasteiger charge is -2.23. The lowest BCUT2D eigenvalue weighted by molar-refractivity contribution is 0.382. The van der Waals surface area contributed by atoms with Crippen LogP contribution in [-0.2, 0) is 6.42 Å². The van der Waals surface area contributed by atoms with Gasteiger partial charge in [0.05, 0.1) is 5.69 Å². The predicted molar refractivity (Wildman–Crippen MR) is 109 cm³/mol. The number of benzene rings is 1. The summed E-state index contributed by atoms with van der Waals surface area (Å²) in [7, 11) is 0. The maximum atomic E-state index is 10.2. The van der Waals surface area contributed by atoms with Gasteiger partial charge in [-0.05, 0) is 68.8 Å². The number of aryl methyl sites for hydroxylation is 1. The Balaban J connectivity index is 1.55. The number of nitrogens with two attached hydrogens (primary N) is 1. The summed E-state index contributed by atoms with van der Waals surface area (Å²) in [6.07, 6.45) is 8.24. The molecule has 2 aliphatic rings. The van der Waals surface area contributed by atoms with E-state index in [0.29, 0.717) is 6.04 Å². The zero-order valence-electron chi connectivity index (χ0n) is 15.8. The van der Waals surface area contributed by atoms with Crippen LogP contribution in [0.25, 0.3) is 11.3 Å². The van der Waals surface area contributed by atoms with Gasteiger partial charge in [-0.15, -0.1) is 0 Å². The van der Waals surface area contributed by atoms with Crippen molar-refractivity contribution in [1.82, 2.24) is 15.3 Å². The molecule has 0 unspecified atom stereocenters. The highest BCUT2D eigenvalue weighted by molar-refractivity contribution is 5.67. The Morgan fingerprint density at radius 1 is 1.07 bits per heavy atom. The van der Waals surface area contributed by atoms with Gasteiger partial charge in [0.15, 0.2) is 0 Å². The van der Waals surface area contributed by atoms with E-state index >= 15 is 0 Å². The second-order valence-corrected chi connectivity index (χ2v) is 7.74. The summed E-state index contributed by atoms with van der Waals surface area (Å²) in [5, 5.41) is 13.8. The first kappa shape index (κ1) is 18.0. The molecule has 4 rings (SSSR count). The number of aromatic hydroxyl groups is 1. The number of rotatable bonds is 5. The average molecular weight is 367 g/mol. The van der Waals surface area contributed by atoms with Crippen molar-refractivity contribution in [1.29, 1.82) is 0 Å². The van der Waals surface area contributed by atoms with Gasteiger partial charge in [-0.3, -0.25) is 0 Å². The molecule has 6 nitrogen and oxygen atoms in total. The van der Waals surface area contributed by atoms with Crippen molar-refractivity contribution in [2.45, 2.75) is 51.0 Å². The van der Waals surface area contributed by atoms with E-state index in [-0.39, 0.29) is 11.7 Å². The van der Waals surface area contributed by atoms with Crippen molar-refractivity contribution in [2.24, 2.45) is 0 Å². The van der Waals surface area contributed by atoms with Crippen LogP contribution in [0.2, 0.25) is 0 Å². The summed E-state index contributed by atoms with van der Waals surface area (Å²) in [5.74, 6) is 1.44. The molecule has 1 aromatic heterocycles. The first-order chi connectivity index (χ1) is 13.2. The van der Waals surface area contributed by atoms with Gasteiger partial charge in [0.2, 0.25) is 5.95 Å². The molecule has 6 heteroatoms. The fourth-order valence-corrected chi connectivity index (χ4v) is 4.19. The van der Waals surface area contributed by atoms with E-state index in [1.54, 1.807) is 6.07 Å². The molecule has 0 saturated carbocycles. The average Bonchev–Trinajstić information content (AvgIpc) is 3.21. The number of phenolic OH excluding ortho intramolecular Hbond substituents is 1. The van der Waals surface area contributed by atoms with Crippen molar-refractivity contribution in [3.05, 3.63) is 29.8 Å². The Bertz CT molecular complexity index is 782. The molecule has 1 aromatic carbocycles. The summed E-state index contributed by atoms with van der Waals surface area (Å²) in [5.41, 5.74) is 8.79. The van der Waals surface area contributed by atoms with Crippen LogP contribution in [0.5, 0.6) is 5.75 Å². The lowest BCUT2D eigenvalue weighted by atomic mass is 9.96. The molecule has 0 amide bonds. The second-order valence-electron chi connectivity index (χ2n) is 7.74. The first-order valence-electron chi connectivity index (χ1n) is 10.1. The van der Waals surface area contributed by atoms with E-state index < -0.39 is 0 Å². The minimum Gasteiger partial charge on any atom is -0.508 e. The summed E-state index contributed by atoms with van der Waals surface area (Å²) >= 11 is 0. The van der Waals surface area contributed by atoms with Crippen LogP contribution in [0.3, 0.4) is 0 Å². The molecule has 3 heterocycles. The summed E-state index contributed by atoms with van der Waals surface area (Å²) in [6.45, 7) is 3.14. The molecular weight excluding hydrogens is 338 g/mol.